The van der Waals surface area contributed by atoms with E-state index in [4.69, 9.17) is 42.6 Å². The summed E-state index contributed by atoms with van der Waals surface area (Å²) in [6.45, 7) is -0.889. The highest BCUT2D eigenvalue weighted by atomic mass is 16.6. The van der Waals surface area contributed by atoms with Crippen LogP contribution in [0, 0.1) is 0 Å². The van der Waals surface area contributed by atoms with Gasteiger partial charge in [0.15, 0.2) is 54.3 Å². The van der Waals surface area contributed by atoms with Gasteiger partial charge in [-0.3, -0.25) is 0 Å². The third kappa shape index (κ3) is 7.69. The molecule has 12 nitrogen and oxygen atoms in total. The van der Waals surface area contributed by atoms with Gasteiger partial charge < -0.3 is 42.6 Å². The molecule has 2 aromatic rings. The SMILES string of the molecule is COC(=O)COC1=C(OC)C=C2Cc3cc(OCC(=O)OC)c(OC)cc3Cc3cc(OCC(=O)OC)c(OC)cc3C2C=C1. The van der Waals surface area contributed by atoms with E-state index in [2.05, 4.69) is 0 Å². The van der Waals surface area contributed by atoms with E-state index in [1.165, 1.54) is 42.7 Å². The van der Waals surface area contributed by atoms with E-state index in [0.717, 1.165) is 27.8 Å². The molecular formula is C33H36O12. The molecule has 1 atom stereocenters. The summed E-state index contributed by atoms with van der Waals surface area (Å²) in [5.41, 5.74) is 4.57. The lowest BCUT2D eigenvalue weighted by atomic mass is 9.79. The maximum atomic E-state index is 11.9. The Morgan fingerprint density at radius 1 is 0.600 bits per heavy atom. The number of ether oxygens (including phenoxy) is 9. The number of esters is 3. The fourth-order valence-electron chi connectivity index (χ4n) is 5.05. The zero-order chi connectivity index (χ0) is 32.5. The van der Waals surface area contributed by atoms with Crippen LogP contribution in [0.3, 0.4) is 0 Å². The normalized spacial score (nSPS) is 15.0. The molecule has 240 valence electrons. The van der Waals surface area contributed by atoms with Crippen LogP contribution in [0.15, 0.2) is 59.6 Å². The Labute approximate surface area is 261 Å². The molecule has 0 saturated carbocycles. The van der Waals surface area contributed by atoms with Gasteiger partial charge in [-0.25, -0.2) is 14.4 Å². The molecule has 0 aliphatic heterocycles. The predicted octanol–water partition coefficient (Wildman–Crippen LogP) is 3.58. The van der Waals surface area contributed by atoms with Crippen LogP contribution in [0.2, 0.25) is 0 Å². The number of carbonyl (C=O) groups is 3. The van der Waals surface area contributed by atoms with E-state index in [1.54, 1.807) is 6.08 Å². The van der Waals surface area contributed by atoms with Crippen LogP contribution in [0.25, 0.3) is 0 Å². The maximum Gasteiger partial charge on any atom is 0.343 e. The Hall–Kier alpha value is -5.13. The third-order valence-electron chi connectivity index (χ3n) is 7.36. The van der Waals surface area contributed by atoms with Gasteiger partial charge in [0.1, 0.15) is 0 Å². The Morgan fingerprint density at radius 3 is 1.67 bits per heavy atom. The lowest BCUT2D eigenvalue weighted by Gasteiger charge is -2.27. The Bertz CT molecular complexity index is 1530. The minimum atomic E-state index is -0.536. The van der Waals surface area contributed by atoms with Crippen LogP contribution in [0.4, 0.5) is 0 Å². The molecule has 0 bridgehead atoms. The van der Waals surface area contributed by atoms with Crippen molar-refractivity contribution in [2.24, 2.45) is 0 Å². The van der Waals surface area contributed by atoms with Crippen LogP contribution < -0.4 is 18.9 Å². The van der Waals surface area contributed by atoms with Gasteiger partial charge in [-0.05, 0) is 71.5 Å². The highest BCUT2D eigenvalue weighted by Crippen LogP contribution is 2.44. The lowest BCUT2D eigenvalue weighted by Crippen LogP contribution is -2.16. The summed E-state index contributed by atoms with van der Waals surface area (Å²) in [4.78, 5) is 35.5. The number of hydrogen-bond donors (Lipinski definition) is 0. The van der Waals surface area contributed by atoms with Gasteiger partial charge >= 0.3 is 17.9 Å². The first-order valence-corrected chi connectivity index (χ1v) is 13.9. The molecule has 2 aliphatic carbocycles. The Kier molecular flexibility index (Phi) is 11.0. The first kappa shape index (κ1) is 32.8. The molecule has 4 rings (SSSR count). The van der Waals surface area contributed by atoms with Crippen molar-refractivity contribution in [3.8, 4) is 23.0 Å². The molecule has 0 N–H and O–H groups in total. The molecule has 0 saturated heterocycles. The number of methoxy groups -OCH3 is 6. The zero-order valence-electron chi connectivity index (χ0n) is 26.1. The number of rotatable bonds is 12. The van der Waals surface area contributed by atoms with Crippen LogP contribution >= 0.6 is 0 Å². The van der Waals surface area contributed by atoms with Crippen molar-refractivity contribution in [2.45, 2.75) is 18.8 Å². The fraction of sp³-hybridized carbons (Fsp3) is 0.364. The minimum Gasteiger partial charge on any atom is -0.493 e. The fourth-order valence-corrected chi connectivity index (χ4v) is 5.05. The monoisotopic (exact) mass is 624 g/mol. The number of hydrogen-bond acceptors (Lipinski definition) is 12. The number of carbonyl (C=O) groups excluding carboxylic acids is 3. The smallest absolute Gasteiger partial charge is 0.343 e. The first-order chi connectivity index (χ1) is 21.7. The molecule has 1 unspecified atom stereocenters. The van der Waals surface area contributed by atoms with Crippen molar-refractivity contribution >= 4 is 17.9 Å². The maximum absolute atomic E-state index is 11.9. The summed E-state index contributed by atoms with van der Waals surface area (Å²) < 4.78 is 48.6. The van der Waals surface area contributed by atoms with Gasteiger partial charge in [0.25, 0.3) is 0 Å². The lowest BCUT2D eigenvalue weighted by molar-refractivity contribution is -0.144. The van der Waals surface area contributed by atoms with E-state index < -0.39 is 17.9 Å². The van der Waals surface area contributed by atoms with Gasteiger partial charge in [-0.2, -0.15) is 0 Å². The van der Waals surface area contributed by atoms with E-state index in [1.807, 2.05) is 36.4 Å². The summed E-state index contributed by atoms with van der Waals surface area (Å²) in [6.07, 6.45) is 6.52. The van der Waals surface area contributed by atoms with Gasteiger partial charge in [-0.15, -0.1) is 0 Å². The molecule has 45 heavy (non-hydrogen) atoms. The number of allylic oxidation sites excluding steroid dienone is 4. The summed E-state index contributed by atoms with van der Waals surface area (Å²) >= 11 is 0. The topological polar surface area (TPSA) is 134 Å². The molecule has 0 spiro atoms. The minimum absolute atomic E-state index is 0.289. The Balaban J connectivity index is 1.89. The third-order valence-corrected chi connectivity index (χ3v) is 7.36. The van der Waals surface area contributed by atoms with Crippen LogP contribution in [0.5, 0.6) is 23.0 Å². The van der Waals surface area contributed by atoms with Crippen molar-refractivity contribution in [1.82, 2.24) is 0 Å². The highest BCUT2D eigenvalue weighted by Gasteiger charge is 2.29. The average Bonchev–Trinajstić information content (AvgIpc) is 3.23. The molecule has 0 radical (unpaired) electrons. The van der Waals surface area contributed by atoms with E-state index >= 15 is 0 Å². The summed E-state index contributed by atoms with van der Waals surface area (Å²) in [5, 5.41) is 0. The molecule has 0 aromatic heterocycles. The molecule has 2 aliphatic rings. The second-order valence-electron chi connectivity index (χ2n) is 9.91. The molecule has 0 fully saturated rings. The molecule has 0 heterocycles. The van der Waals surface area contributed by atoms with Crippen molar-refractivity contribution < 1.29 is 57.0 Å². The van der Waals surface area contributed by atoms with Crippen molar-refractivity contribution in [3.63, 3.8) is 0 Å². The predicted molar refractivity (Wildman–Crippen MR) is 159 cm³/mol. The molecular weight excluding hydrogens is 588 g/mol. The van der Waals surface area contributed by atoms with E-state index in [0.29, 0.717) is 47.4 Å². The second-order valence-corrected chi connectivity index (χ2v) is 9.91. The van der Waals surface area contributed by atoms with E-state index in [-0.39, 0.29) is 25.7 Å². The second kappa shape index (κ2) is 15.0. The van der Waals surface area contributed by atoms with Crippen molar-refractivity contribution in [3.05, 3.63) is 81.8 Å². The molecule has 0 amide bonds. The standard InChI is InChI=1S/C33H36O12/c1-37-26-13-21-9-20-12-29(44-17-32(35)41-5)27(38-2)11-19(20)10-22-14-30(45-18-33(36)42-6)28(39-3)15-24(22)23(21)7-8-25(26)43-16-31(34)40-4/h7-8,11-15,23H,9-10,16-18H2,1-6H3. The number of fused-ring (bicyclic) bond motifs is 4. The van der Waals surface area contributed by atoms with Crippen molar-refractivity contribution in [1.29, 1.82) is 0 Å². The number of benzene rings is 2. The first-order valence-electron chi connectivity index (χ1n) is 13.9. The quantitative estimate of drug-likeness (QED) is 0.252. The van der Waals surface area contributed by atoms with Crippen LogP contribution in [0.1, 0.15) is 28.2 Å². The van der Waals surface area contributed by atoms with Gasteiger partial charge in [0.05, 0.1) is 42.7 Å². The average molecular weight is 625 g/mol. The summed E-state index contributed by atoms with van der Waals surface area (Å²) in [6, 6.07) is 7.44. The largest absolute Gasteiger partial charge is 0.493 e. The van der Waals surface area contributed by atoms with Crippen LogP contribution in [-0.2, 0) is 50.9 Å². The summed E-state index contributed by atoms with van der Waals surface area (Å²) in [7, 11) is 8.42. The van der Waals surface area contributed by atoms with Gasteiger partial charge in [0.2, 0.25) is 0 Å². The van der Waals surface area contributed by atoms with E-state index in [9.17, 15) is 14.4 Å². The highest BCUT2D eigenvalue weighted by molar-refractivity contribution is 5.72. The van der Waals surface area contributed by atoms with Crippen LogP contribution in [-0.4, -0.2) is 80.4 Å². The zero-order valence-corrected chi connectivity index (χ0v) is 26.1. The summed E-state index contributed by atoms with van der Waals surface area (Å²) in [5.74, 6) is 0.501. The van der Waals surface area contributed by atoms with Crippen molar-refractivity contribution in [2.75, 3.05) is 62.5 Å². The Morgan fingerprint density at radius 2 is 1.11 bits per heavy atom. The van der Waals surface area contributed by atoms with Gasteiger partial charge in [0, 0.05) is 5.92 Å². The van der Waals surface area contributed by atoms with Gasteiger partial charge in [-0.1, -0.05) is 11.6 Å². The molecule has 2 aromatic carbocycles. The molecule has 12 heteroatoms.